The highest BCUT2D eigenvalue weighted by molar-refractivity contribution is 7.99. The first kappa shape index (κ1) is 17.2. The SMILES string of the molecule is CCC1CCCCN1C(=O)CSc1nnc(/C=C/c2cccs2)o1. The Bertz CT molecular complexity index is 682. The third-order valence-corrected chi connectivity index (χ3v) is 5.73. The number of thioether (sulfide) groups is 1. The standard InChI is InChI=1S/C17H21N3O2S2/c1-2-13-6-3-4-10-20(13)16(21)12-24-17-19-18-15(22-17)9-8-14-7-5-11-23-14/h5,7-9,11,13H,2-4,6,10,12H2,1H3/b9-8+. The molecule has 0 radical (unpaired) electrons. The quantitative estimate of drug-likeness (QED) is 0.721. The lowest BCUT2D eigenvalue weighted by Gasteiger charge is -2.35. The molecule has 24 heavy (non-hydrogen) atoms. The van der Waals surface area contributed by atoms with Crippen molar-refractivity contribution in [3.05, 3.63) is 28.3 Å². The Labute approximate surface area is 150 Å². The average molecular weight is 364 g/mol. The van der Waals surface area contributed by atoms with Crippen LogP contribution in [0.25, 0.3) is 12.2 Å². The van der Waals surface area contributed by atoms with Crippen LogP contribution >= 0.6 is 23.1 Å². The van der Waals surface area contributed by atoms with E-state index in [0.717, 1.165) is 30.7 Å². The van der Waals surface area contributed by atoms with Gasteiger partial charge in [-0.3, -0.25) is 4.79 Å². The van der Waals surface area contributed by atoms with E-state index in [4.69, 9.17) is 4.42 Å². The van der Waals surface area contributed by atoms with Gasteiger partial charge in [-0.2, -0.15) is 0 Å². The van der Waals surface area contributed by atoms with Crippen molar-refractivity contribution in [1.82, 2.24) is 15.1 Å². The maximum atomic E-state index is 12.4. The number of likely N-dealkylation sites (tertiary alicyclic amines) is 1. The molecule has 0 saturated carbocycles. The van der Waals surface area contributed by atoms with Gasteiger partial charge in [0.25, 0.3) is 5.22 Å². The first-order valence-electron chi connectivity index (χ1n) is 8.23. The van der Waals surface area contributed by atoms with Crippen LogP contribution in [-0.2, 0) is 4.79 Å². The van der Waals surface area contributed by atoms with Gasteiger partial charge >= 0.3 is 0 Å². The van der Waals surface area contributed by atoms with Gasteiger partial charge in [0.05, 0.1) is 5.75 Å². The largest absolute Gasteiger partial charge is 0.412 e. The predicted octanol–water partition coefficient (Wildman–Crippen LogP) is 4.18. The van der Waals surface area contributed by atoms with Crippen LogP contribution in [-0.4, -0.2) is 39.3 Å². The molecule has 1 fully saturated rings. The fourth-order valence-corrected chi connectivity index (χ4v) is 4.12. The fourth-order valence-electron chi connectivity index (χ4n) is 2.85. The highest BCUT2D eigenvalue weighted by atomic mass is 32.2. The minimum absolute atomic E-state index is 0.167. The molecule has 0 aliphatic carbocycles. The summed E-state index contributed by atoms with van der Waals surface area (Å²) in [4.78, 5) is 15.6. The van der Waals surface area contributed by atoms with E-state index in [9.17, 15) is 4.79 Å². The van der Waals surface area contributed by atoms with Gasteiger partial charge in [0, 0.05) is 23.5 Å². The number of carbonyl (C=O) groups is 1. The number of amides is 1. The number of rotatable bonds is 6. The van der Waals surface area contributed by atoms with E-state index >= 15 is 0 Å². The van der Waals surface area contributed by atoms with Gasteiger partial charge in [-0.1, -0.05) is 24.8 Å². The van der Waals surface area contributed by atoms with Crippen molar-refractivity contribution in [2.75, 3.05) is 12.3 Å². The molecule has 0 aromatic carbocycles. The molecule has 0 bridgehead atoms. The average Bonchev–Trinajstić information content (AvgIpc) is 3.29. The van der Waals surface area contributed by atoms with Crippen LogP contribution in [0.4, 0.5) is 0 Å². The van der Waals surface area contributed by atoms with E-state index in [-0.39, 0.29) is 5.91 Å². The zero-order valence-corrected chi connectivity index (χ0v) is 15.3. The summed E-state index contributed by atoms with van der Waals surface area (Å²) in [7, 11) is 0. The second kappa shape index (κ2) is 8.48. The minimum Gasteiger partial charge on any atom is -0.412 e. The first-order chi connectivity index (χ1) is 11.8. The summed E-state index contributed by atoms with van der Waals surface area (Å²) in [6, 6.07) is 4.41. The second-order valence-electron chi connectivity index (χ2n) is 5.69. The lowest BCUT2D eigenvalue weighted by atomic mass is 10.0. The van der Waals surface area contributed by atoms with Crippen LogP contribution in [0.3, 0.4) is 0 Å². The lowest BCUT2D eigenvalue weighted by molar-refractivity contribution is -0.132. The first-order valence-corrected chi connectivity index (χ1v) is 10.1. The molecule has 1 saturated heterocycles. The fraction of sp³-hybridized carbons (Fsp3) is 0.471. The summed E-state index contributed by atoms with van der Waals surface area (Å²) in [5.74, 6) is 0.982. The summed E-state index contributed by atoms with van der Waals surface area (Å²) in [5.41, 5.74) is 0. The third-order valence-electron chi connectivity index (χ3n) is 4.09. The maximum absolute atomic E-state index is 12.4. The maximum Gasteiger partial charge on any atom is 0.277 e. The Morgan fingerprint density at radius 1 is 1.46 bits per heavy atom. The Kier molecular flexibility index (Phi) is 6.09. The summed E-state index contributed by atoms with van der Waals surface area (Å²) in [6.45, 7) is 3.02. The van der Waals surface area contributed by atoms with Crippen LogP contribution in [0.15, 0.2) is 27.2 Å². The molecule has 3 heterocycles. The zero-order valence-electron chi connectivity index (χ0n) is 13.7. The number of carbonyl (C=O) groups excluding carboxylic acids is 1. The second-order valence-corrected chi connectivity index (χ2v) is 7.59. The van der Waals surface area contributed by atoms with E-state index in [2.05, 4.69) is 17.1 Å². The number of thiophene rings is 1. The molecule has 7 heteroatoms. The van der Waals surface area contributed by atoms with E-state index in [1.807, 2.05) is 28.5 Å². The van der Waals surface area contributed by atoms with Crippen LogP contribution in [0.5, 0.6) is 0 Å². The molecule has 1 unspecified atom stereocenters. The van der Waals surface area contributed by atoms with Crippen LogP contribution in [0.1, 0.15) is 43.4 Å². The highest BCUT2D eigenvalue weighted by Gasteiger charge is 2.25. The molecule has 128 valence electrons. The Hall–Kier alpha value is -1.60. The molecule has 1 atom stereocenters. The van der Waals surface area contributed by atoms with Crippen molar-refractivity contribution in [3.63, 3.8) is 0 Å². The van der Waals surface area contributed by atoms with Crippen molar-refractivity contribution in [2.24, 2.45) is 0 Å². The van der Waals surface area contributed by atoms with Gasteiger partial charge in [0.1, 0.15) is 0 Å². The number of nitrogens with zero attached hydrogens (tertiary/aromatic N) is 3. The minimum atomic E-state index is 0.167. The van der Waals surface area contributed by atoms with Gasteiger partial charge in [-0.15, -0.1) is 21.5 Å². The molecule has 1 aliphatic rings. The summed E-state index contributed by atoms with van der Waals surface area (Å²) in [6.07, 6.45) is 8.20. The molecule has 2 aromatic heterocycles. The summed E-state index contributed by atoms with van der Waals surface area (Å²) >= 11 is 2.97. The zero-order chi connectivity index (χ0) is 16.8. The third kappa shape index (κ3) is 4.48. The molecule has 0 spiro atoms. The molecule has 1 aliphatic heterocycles. The monoisotopic (exact) mass is 363 g/mol. The van der Waals surface area contributed by atoms with E-state index in [1.165, 1.54) is 18.2 Å². The normalized spacial score (nSPS) is 18.4. The molecular formula is C17H21N3O2S2. The van der Waals surface area contributed by atoms with Crippen molar-refractivity contribution in [1.29, 1.82) is 0 Å². The lowest BCUT2D eigenvalue weighted by Crippen LogP contribution is -2.44. The topological polar surface area (TPSA) is 59.2 Å². The van der Waals surface area contributed by atoms with E-state index < -0.39 is 0 Å². The molecule has 3 rings (SSSR count). The number of hydrogen-bond acceptors (Lipinski definition) is 6. The molecule has 1 amide bonds. The Morgan fingerprint density at radius 3 is 3.17 bits per heavy atom. The van der Waals surface area contributed by atoms with Crippen LogP contribution in [0, 0.1) is 0 Å². The Balaban J connectivity index is 1.52. The van der Waals surface area contributed by atoms with E-state index in [0.29, 0.717) is 22.9 Å². The van der Waals surface area contributed by atoms with Crippen LogP contribution in [0.2, 0.25) is 0 Å². The molecule has 2 aromatic rings. The number of piperidine rings is 1. The van der Waals surface area contributed by atoms with Gasteiger partial charge < -0.3 is 9.32 Å². The van der Waals surface area contributed by atoms with E-state index in [1.54, 1.807) is 17.4 Å². The van der Waals surface area contributed by atoms with Gasteiger partial charge in [0.15, 0.2) is 0 Å². The number of hydrogen-bond donors (Lipinski definition) is 0. The molecule has 5 nitrogen and oxygen atoms in total. The molecular weight excluding hydrogens is 342 g/mol. The Morgan fingerprint density at radius 2 is 2.38 bits per heavy atom. The number of aromatic nitrogens is 2. The van der Waals surface area contributed by atoms with Gasteiger partial charge in [0.2, 0.25) is 11.8 Å². The van der Waals surface area contributed by atoms with Crippen molar-refractivity contribution < 1.29 is 9.21 Å². The van der Waals surface area contributed by atoms with Crippen molar-refractivity contribution in [3.8, 4) is 0 Å². The van der Waals surface area contributed by atoms with Crippen molar-refractivity contribution >= 4 is 41.2 Å². The van der Waals surface area contributed by atoms with Crippen molar-refractivity contribution in [2.45, 2.75) is 43.9 Å². The smallest absolute Gasteiger partial charge is 0.277 e. The van der Waals surface area contributed by atoms with Crippen LogP contribution < -0.4 is 0 Å². The van der Waals surface area contributed by atoms with Gasteiger partial charge in [-0.25, -0.2) is 0 Å². The predicted molar refractivity (Wildman–Crippen MR) is 97.9 cm³/mol. The highest BCUT2D eigenvalue weighted by Crippen LogP contribution is 2.23. The van der Waals surface area contributed by atoms with Gasteiger partial charge in [-0.05, 0) is 43.2 Å². The molecule has 0 N–H and O–H groups in total. The summed E-state index contributed by atoms with van der Waals surface area (Å²) < 4.78 is 5.56. The summed E-state index contributed by atoms with van der Waals surface area (Å²) in [5, 5.41) is 10.5.